The van der Waals surface area contributed by atoms with Crippen LogP contribution in [-0.2, 0) is 0 Å². The third-order valence-electron chi connectivity index (χ3n) is 3.12. The minimum atomic E-state index is -3.13. The van der Waals surface area contributed by atoms with Gasteiger partial charge in [0, 0.05) is 12.2 Å². The molecule has 0 aromatic heterocycles. The molecule has 21 heavy (non-hydrogen) atoms. The van der Waals surface area contributed by atoms with Gasteiger partial charge in [-0.15, -0.1) is 0 Å². The van der Waals surface area contributed by atoms with Gasteiger partial charge in [-0.25, -0.2) is 8.78 Å². The summed E-state index contributed by atoms with van der Waals surface area (Å²) in [7, 11) is 0. The van der Waals surface area contributed by atoms with Crippen LogP contribution in [0.15, 0.2) is 24.3 Å². The maximum atomic E-state index is 13.9. The highest BCUT2D eigenvalue weighted by molar-refractivity contribution is 7.99. The van der Waals surface area contributed by atoms with Crippen LogP contribution in [0.4, 0.5) is 8.78 Å². The SMILES string of the molecule is O=C1c2ccccc2C(=O)N1CC(F)(F)CCSCCO. The van der Waals surface area contributed by atoms with Crippen molar-refractivity contribution in [3.05, 3.63) is 35.4 Å². The van der Waals surface area contributed by atoms with Crippen molar-refractivity contribution in [1.29, 1.82) is 0 Å². The second kappa shape index (κ2) is 6.53. The zero-order valence-corrected chi connectivity index (χ0v) is 12.0. The predicted octanol–water partition coefficient (Wildman–Crippen LogP) is 2.03. The molecule has 1 N–H and O–H groups in total. The lowest BCUT2D eigenvalue weighted by Crippen LogP contribution is -2.40. The highest BCUT2D eigenvalue weighted by Gasteiger charge is 2.41. The summed E-state index contributed by atoms with van der Waals surface area (Å²) in [5.41, 5.74) is 0.348. The molecule has 1 aromatic carbocycles. The van der Waals surface area contributed by atoms with Crippen molar-refractivity contribution in [3.63, 3.8) is 0 Å². The van der Waals surface area contributed by atoms with E-state index >= 15 is 0 Å². The molecule has 0 saturated carbocycles. The number of hydrogen-bond acceptors (Lipinski definition) is 4. The van der Waals surface area contributed by atoms with Gasteiger partial charge in [0.05, 0.1) is 24.3 Å². The van der Waals surface area contributed by atoms with E-state index in [0.29, 0.717) is 10.7 Å². The van der Waals surface area contributed by atoms with E-state index in [1.165, 1.54) is 23.9 Å². The maximum absolute atomic E-state index is 13.9. The predicted molar refractivity (Wildman–Crippen MR) is 75.8 cm³/mol. The number of amides is 2. The number of carbonyl (C=O) groups excluding carboxylic acids is 2. The monoisotopic (exact) mass is 315 g/mol. The molecule has 114 valence electrons. The van der Waals surface area contributed by atoms with Crippen LogP contribution in [0.2, 0.25) is 0 Å². The van der Waals surface area contributed by atoms with Crippen LogP contribution < -0.4 is 0 Å². The van der Waals surface area contributed by atoms with E-state index in [0.717, 1.165) is 0 Å². The summed E-state index contributed by atoms with van der Waals surface area (Å²) in [5.74, 6) is -3.91. The summed E-state index contributed by atoms with van der Waals surface area (Å²) in [4.78, 5) is 24.6. The van der Waals surface area contributed by atoms with E-state index in [-0.39, 0.29) is 23.5 Å². The maximum Gasteiger partial charge on any atom is 0.266 e. The Bertz CT molecular complexity index is 516. The van der Waals surface area contributed by atoms with Crippen molar-refractivity contribution in [1.82, 2.24) is 4.90 Å². The molecule has 1 aliphatic rings. The fraction of sp³-hybridized carbons (Fsp3) is 0.429. The normalized spacial score (nSPS) is 14.7. The molecule has 2 amide bonds. The second-order valence-corrected chi connectivity index (χ2v) is 5.91. The van der Waals surface area contributed by atoms with Crippen molar-refractivity contribution in [3.8, 4) is 0 Å². The lowest BCUT2D eigenvalue weighted by atomic mass is 10.1. The number of imide groups is 1. The lowest BCUT2D eigenvalue weighted by Gasteiger charge is -2.22. The first kappa shape index (κ1) is 15.9. The fourth-order valence-electron chi connectivity index (χ4n) is 2.08. The number of nitrogens with zero attached hydrogens (tertiary/aromatic N) is 1. The van der Waals surface area contributed by atoms with Crippen LogP contribution in [0.1, 0.15) is 27.1 Å². The lowest BCUT2D eigenvalue weighted by molar-refractivity contribution is -0.0243. The van der Waals surface area contributed by atoms with Crippen molar-refractivity contribution in [2.45, 2.75) is 12.3 Å². The average molecular weight is 315 g/mol. The first-order valence-electron chi connectivity index (χ1n) is 6.48. The number of aliphatic hydroxyl groups excluding tert-OH is 1. The van der Waals surface area contributed by atoms with E-state index in [4.69, 9.17) is 5.11 Å². The molecule has 0 spiro atoms. The average Bonchev–Trinajstić information content (AvgIpc) is 2.69. The van der Waals surface area contributed by atoms with Crippen molar-refractivity contribution >= 4 is 23.6 Å². The summed E-state index contributed by atoms with van der Waals surface area (Å²) < 4.78 is 27.7. The van der Waals surface area contributed by atoms with Crippen molar-refractivity contribution in [2.75, 3.05) is 24.7 Å². The van der Waals surface area contributed by atoms with E-state index in [2.05, 4.69) is 0 Å². The van der Waals surface area contributed by atoms with Gasteiger partial charge in [0.2, 0.25) is 0 Å². The largest absolute Gasteiger partial charge is 0.396 e. The van der Waals surface area contributed by atoms with Crippen LogP contribution >= 0.6 is 11.8 Å². The number of hydrogen-bond donors (Lipinski definition) is 1. The Balaban J connectivity index is 2.00. The zero-order valence-electron chi connectivity index (χ0n) is 11.2. The third kappa shape index (κ3) is 3.59. The Morgan fingerprint density at radius 3 is 2.19 bits per heavy atom. The smallest absolute Gasteiger partial charge is 0.266 e. The van der Waals surface area contributed by atoms with Crippen LogP contribution in [0, 0.1) is 0 Å². The summed E-state index contributed by atoms with van der Waals surface area (Å²) in [6.07, 6.45) is -0.439. The Hall–Kier alpha value is -1.47. The number of rotatable bonds is 7. The van der Waals surface area contributed by atoms with Crippen molar-refractivity contribution in [2.24, 2.45) is 0 Å². The van der Waals surface area contributed by atoms with Crippen LogP contribution in [0.3, 0.4) is 0 Å². The molecule has 4 nitrogen and oxygen atoms in total. The van der Waals surface area contributed by atoms with Crippen LogP contribution in [0.5, 0.6) is 0 Å². The quantitative estimate of drug-likeness (QED) is 0.618. The highest BCUT2D eigenvalue weighted by Crippen LogP contribution is 2.28. The second-order valence-electron chi connectivity index (χ2n) is 4.68. The molecule has 0 atom stereocenters. The van der Waals surface area contributed by atoms with Crippen LogP contribution in [-0.4, -0.2) is 52.4 Å². The molecule has 0 fully saturated rings. The van der Waals surface area contributed by atoms with Crippen LogP contribution in [0.25, 0.3) is 0 Å². The summed E-state index contributed by atoms with van der Waals surface area (Å²) >= 11 is 1.21. The number of fused-ring (bicyclic) bond motifs is 1. The Morgan fingerprint density at radius 1 is 1.10 bits per heavy atom. The van der Waals surface area contributed by atoms with E-state index < -0.39 is 30.7 Å². The molecular formula is C14H15F2NO3S. The van der Waals surface area contributed by atoms with Gasteiger partial charge < -0.3 is 5.11 Å². The standard InChI is InChI=1S/C14H15F2NO3S/c15-14(16,5-7-21-8-6-18)9-17-12(19)10-3-1-2-4-11(10)13(17)20/h1-4,18H,5-9H2. The molecule has 1 heterocycles. The summed E-state index contributed by atoms with van der Waals surface area (Å²) in [5, 5.41) is 8.59. The van der Waals surface area contributed by atoms with E-state index in [1.807, 2.05) is 0 Å². The first-order valence-corrected chi connectivity index (χ1v) is 7.63. The number of aliphatic hydroxyl groups is 1. The number of thioether (sulfide) groups is 1. The molecule has 0 saturated heterocycles. The van der Waals surface area contributed by atoms with Gasteiger partial charge in [0.1, 0.15) is 0 Å². The zero-order chi connectivity index (χ0) is 15.5. The van der Waals surface area contributed by atoms with E-state index in [9.17, 15) is 18.4 Å². The van der Waals surface area contributed by atoms with Gasteiger partial charge >= 0.3 is 0 Å². The van der Waals surface area contributed by atoms with Gasteiger partial charge in [-0.2, -0.15) is 11.8 Å². The molecule has 0 unspecified atom stereocenters. The molecule has 0 bridgehead atoms. The number of halogens is 2. The van der Waals surface area contributed by atoms with Gasteiger partial charge in [-0.05, 0) is 17.9 Å². The molecular weight excluding hydrogens is 300 g/mol. The van der Waals surface area contributed by atoms with Gasteiger partial charge in [0.25, 0.3) is 17.7 Å². The third-order valence-corrected chi connectivity index (χ3v) is 4.08. The van der Waals surface area contributed by atoms with Crippen molar-refractivity contribution < 1.29 is 23.5 Å². The highest BCUT2D eigenvalue weighted by atomic mass is 32.2. The fourth-order valence-corrected chi connectivity index (χ4v) is 2.86. The summed E-state index contributed by atoms with van der Waals surface area (Å²) in [6.45, 7) is -0.965. The van der Waals surface area contributed by atoms with Gasteiger partial charge in [-0.1, -0.05) is 12.1 Å². The topological polar surface area (TPSA) is 57.6 Å². The molecule has 0 aliphatic carbocycles. The summed E-state index contributed by atoms with van der Waals surface area (Å²) in [6, 6.07) is 6.12. The molecule has 1 aliphatic heterocycles. The van der Waals surface area contributed by atoms with Gasteiger partial charge in [0.15, 0.2) is 0 Å². The molecule has 1 aromatic rings. The number of alkyl halides is 2. The Kier molecular flexibility index (Phi) is 4.95. The van der Waals surface area contributed by atoms with E-state index in [1.54, 1.807) is 12.1 Å². The first-order chi connectivity index (χ1) is 9.96. The molecule has 2 rings (SSSR count). The molecule has 0 radical (unpaired) electrons. The minimum Gasteiger partial charge on any atom is -0.396 e. The Labute approximate surface area is 125 Å². The number of carbonyl (C=O) groups is 2. The number of benzene rings is 1. The van der Waals surface area contributed by atoms with Gasteiger partial charge in [-0.3, -0.25) is 14.5 Å². The molecule has 7 heteroatoms. The Morgan fingerprint density at radius 2 is 1.67 bits per heavy atom. The minimum absolute atomic E-state index is 0.0609.